The van der Waals surface area contributed by atoms with Crippen molar-refractivity contribution in [3.63, 3.8) is 0 Å². The Morgan fingerprint density at radius 2 is 1.84 bits per heavy atom. The molecule has 0 aromatic carbocycles. The summed E-state index contributed by atoms with van der Waals surface area (Å²) in [5.41, 5.74) is 1.64. The molecule has 19 heavy (non-hydrogen) atoms. The molecule has 96 valence electrons. The predicted octanol–water partition coefficient (Wildman–Crippen LogP) is 1.71. The number of ketones is 1. The van der Waals surface area contributed by atoms with Gasteiger partial charge in [-0.2, -0.15) is 0 Å². The number of hydrogen-bond donors (Lipinski definition) is 0. The van der Waals surface area contributed by atoms with Gasteiger partial charge in [0, 0.05) is 38.2 Å². The number of aromatic nitrogens is 3. The van der Waals surface area contributed by atoms with Gasteiger partial charge in [0.1, 0.15) is 17.9 Å². The lowest BCUT2D eigenvalue weighted by Gasteiger charge is -2.27. The Labute approximate surface area is 111 Å². The van der Waals surface area contributed by atoms with Crippen molar-refractivity contribution in [2.45, 2.75) is 12.8 Å². The van der Waals surface area contributed by atoms with Gasteiger partial charge in [-0.25, -0.2) is 9.97 Å². The second-order valence-corrected chi connectivity index (χ2v) is 4.50. The highest BCUT2D eigenvalue weighted by atomic mass is 16.1. The van der Waals surface area contributed by atoms with E-state index in [1.54, 1.807) is 12.5 Å². The van der Waals surface area contributed by atoms with Crippen LogP contribution in [-0.2, 0) is 4.79 Å². The van der Waals surface area contributed by atoms with Gasteiger partial charge in [0.05, 0.1) is 11.4 Å². The molecule has 0 amide bonds. The molecule has 0 saturated carbocycles. The number of rotatable bonds is 2. The normalized spacial score (nSPS) is 15.6. The minimum absolute atomic E-state index is 0.329. The van der Waals surface area contributed by atoms with Crippen molar-refractivity contribution in [3.05, 3.63) is 36.8 Å². The third-order valence-corrected chi connectivity index (χ3v) is 3.23. The molecule has 0 radical (unpaired) electrons. The summed E-state index contributed by atoms with van der Waals surface area (Å²) in [7, 11) is 0. The molecule has 0 unspecified atom stereocenters. The van der Waals surface area contributed by atoms with Crippen molar-refractivity contribution in [3.8, 4) is 11.4 Å². The van der Waals surface area contributed by atoms with Crippen molar-refractivity contribution in [1.29, 1.82) is 0 Å². The molecule has 0 N–H and O–H groups in total. The van der Waals surface area contributed by atoms with Gasteiger partial charge in [0.2, 0.25) is 0 Å². The van der Waals surface area contributed by atoms with E-state index in [9.17, 15) is 4.79 Å². The van der Waals surface area contributed by atoms with Gasteiger partial charge in [0.15, 0.2) is 0 Å². The second kappa shape index (κ2) is 5.14. The first kappa shape index (κ1) is 11.8. The van der Waals surface area contributed by atoms with Gasteiger partial charge >= 0.3 is 0 Å². The first-order valence-electron chi connectivity index (χ1n) is 6.33. The van der Waals surface area contributed by atoms with Crippen LogP contribution in [0, 0.1) is 0 Å². The van der Waals surface area contributed by atoms with Crippen LogP contribution in [0.1, 0.15) is 12.8 Å². The number of pyridine rings is 1. The Kier molecular flexibility index (Phi) is 3.18. The quantitative estimate of drug-likeness (QED) is 0.816. The van der Waals surface area contributed by atoms with Crippen LogP contribution in [0.3, 0.4) is 0 Å². The Bertz CT molecular complexity index is 575. The molecule has 5 nitrogen and oxygen atoms in total. The minimum atomic E-state index is 0.329. The molecular formula is C14H14N4O. The topological polar surface area (TPSA) is 59.0 Å². The SMILES string of the molecule is O=C1CCN(c2cc(-c3ccccn3)ncn2)CC1. The van der Waals surface area contributed by atoms with Crippen molar-refractivity contribution in [2.75, 3.05) is 18.0 Å². The maximum Gasteiger partial charge on any atom is 0.136 e. The molecule has 5 heteroatoms. The first-order valence-corrected chi connectivity index (χ1v) is 6.33. The first-order chi connectivity index (χ1) is 9.33. The zero-order chi connectivity index (χ0) is 13.1. The molecule has 1 aliphatic rings. The van der Waals surface area contributed by atoms with E-state index in [1.807, 2.05) is 24.3 Å². The highest BCUT2D eigenvalue weighted by Gasteiger charge is 2.17. The Hall–Kier alpha value is -2.30. The average Bonchev–Trinajstić information content (AvgIpc) is 2.49. The fourth-order valence-corrected chi connectivity index (χ4v) is 2.16. The molecule has 0 atom stereocenters. The summed E-state index contributed by atoms with van der Waals surface area (Å²) >= 11 is 0. The highest BCUT2D eigenvalue weighted by molar-refractivity contribution is 5.80. The number of carbonyl (C=O) groups excluding carboxylic acids is 1. The van der Waals surface area contributed by atoms with E-state index in [0.29, 0.717) is 18.6 Å². The van der Waals surface area contributed by atoms with E-state index < -0.39 is 0 Å². The number of Topliss-reactive ketones (excluding diaryl/α,β-unsaturated/α-hetero) is 1. The van der Waals surface area contributed by atoms with Crippen molar-refractivity contribution >= 4 is 11.6 Å². The smallest absolute Gasteiger partial charge is 0.136 e. The summed E-state index contributed by atoms with van der Waals surface area (Å²) in [6.07, 6.45) is 4.50. The van der Waals surface area contributed by atoms with E-state index in [1.165, 1.54) is 0 Å². The summed E-state index contributed by atoms with van der Waals surface area (Å²) in [4.78, 5) is 26.2. The van der Waals surface area contributed by atoms with Gasteiger partial charge < -0.3 is 4.90 Å². The van der Waals surface area contributed by atoms with Crippen LogP contribution in [0.15, 0.2) is 36.8 Å². The summed E-state index contributed by atoms with van der Waals surface area (Å²) in [5, 5.41) is 0. The fourth-order valence-electron chi connectivity index (χ4n) is 2.16. The second-order valence-electron chi connectivity index (χ2n) is 4.50. The highest BCUT2D eigenvalue weighted by Crippen LogP contribution is 2.20. The summed E-state index contributed by atoms with van der Waals surface area (Å²) in [6.45, 7) is 1.47. The summed E-state index contributed by atoms with van der Waals surface area (Å²) in [6, 6.07) is 7.66. The molecule has 0 aliphatic carbocycles. The van der Waals surface area contributed by atoms with Gasteiger partial charge in [0.25, 0.3) is 0 Å². The van der Waals surface area contributed by atoms with E-state index in [2.05, 4.69) is 19.9 Å². The summed E-state index contributed by atoms with van der Waals surface area (Å²) in [5.74, 6) is 1.19. The largest absolute Gasteiger partial charge is 0.356 e. The third kappa shape index (κ3) is 2.59. The Balaban J connectivity index is 1.86. The number of piperidine rings is 1. The lowest BCUT2D eigenvalue weighted by Crippen LogP contribution is -2.34. The van der Waals surface area contributed by atoms with E-state index in [-0.39, 0.29) is 0 Å². The van der Waals surface area contributed by atoms with Gasteiger partial charge in [-0.1, -0.05) is 6.07 Å². The van der Waals surface area contributed by atoms with Crippen molar-refractivity contribution in [2.24, 2.45) is 0 Å². The fraction of sp³-hybridized carbons (Fsp3) is 0.286. The van der Waals surface area contributed by atoms with Crippen molar-refractivity contribution < 1.29 is 4.79 Å². The third-order valence-electron chi connectivity index (χ3n) is 3.23. The zero-order valence-corrected chi connectivity index (χ0v) is 10.5. The van der Waals surface area contributed by atoms with Crippen LogP contribution in [0.2, 0.25) is 0 Å². The van der Waals surface area contributed by atoms with Gasteiger partial charge in [-0.15, -0.1) is 0 Å². The number of hydrogen-bond acceptors (Lipinski definition) is 5. The molecule has 3 heterocycles. The average molecular weight is 254 g/mol. The molecule has 1 aliphatic heterocycles. The van der Waals surface area contributed by atoms with E-state index >= 15 is 0 Å². The van der Waals surface area contributed by atoms with E-state index in [4.69, 9.17) is 0 Å². The van der Waals surface area contributed by atoms with Crippen LogP contribution < -0.4 is 4.90 Å². The van der Waals surface area contributed by atoms with Crippen molar-refractivity contribution in [1.82, 2.24) is 15.0 Å². The molecule has 1 fully saturated rings. The van der Waals surface area contributed by atoms with Gasteiger partial charge in [-0.3, -0.25) is 9.78 Å². The maximum absolute atomic E-state index is 11.3. The standard InChI is InChI=1S/C14H14N4O/c19-11-4-7-18(8-5-11)14-9-13(16-10-17-14)12-3-1-2-6-15-12/h1-3,6,9-10H,4-5,7-8H2. The maximum atomic E-state index is 11.3. The van der Waals surface area contributed by atoms with Crippen LogP contribution >= 0.6 is 0 Å². The monoisotopic (exact) mass is 254 g/mol. The Morgan fingerprint density at radius 3 is 2.58 bits per heavy atom. The zero-order valence-electron chi connectivity index (χ0n) is 10.5. The van der Waals surface area contributed by atoms with Crippen LogP contribution in [0.5, 0.6) is 0 Å². The summed E-state index contributed by atoms with van der Waals surface area (Å²) < 4.78 is 0. The predicted molar refractivity (Wildman–Crippen MR) is 71.7 cm³/mol. The van der Waals surface area contributed by atoms with Crippen LogP contribution in [0.25, 0.3) is 11.4 Å². The molecule has 0 spiro atoms. The van der Waals surface area contributed by atoms with E-state index in [0.717, 1.165) is 30.3 Å². The minimum Gasteiger partial charge on any atom is -0.356 e. The molecule has 2 aromatic heterocycles. The van der Waals surface area contributed by atoms with Crippen LogP contribution in [0.4, 0.5) is 5.82 Å². The molecule has 1 saturated heterocycles. The molecular weight excluding hydrogens is 240 g/mol. The molecule has 2 aromatic rings. The number of nitrogens with zero attached hydrogens (tertiary/aromatic N) is 4. The Morgan fingerprint density at radius 1 is 1.00 bits per heavy atom. The van der Waals surface area contributed by atoms with Gasteiger partial charge in [-0.05, 0) is 12.1 Å². The lowest BCUT2D eigenvalue weighted by atomic mass is 10.1. The number of carbonyl (C=O) groups is 1. The molecule has 3 rings (SSSR count). The van der Waals surface area contributed by atoms with Crippen LogP contribution in [-0.4, -0.2) is 33.8 Å². The number of anilines is 1. The lowest BCUT2D eigenvalue weighted by molar-refractivity contribution is -0.119. The molecule has 0 bridgehead atoms.